The number of hydrogen-bond acceptors (Lipinski definition) is 4. The Bertz CT molecular complexity index is 1040. The van der Waals surface area contributed by atoms with Gasteiger partial charge in [0.2, 0.25) is 5.91 Å². The highest BCUT2D eigenvalue weighted by molar-refractivity contribution is 7.18. The summed E-state index contributed by atoms with van der Waals surface area (Å²) in [7, 11) is 0. The predicted octanol–water partition coefficient (Wildman–Crippen LogP) is 3.36. The van der Waals surface area contributed by atoms with Crippen molar-refractivity contribution >= 4 is 33.1 Å². The summed E-state index contributed by atoms with van der Waals surface area (Å²) in [6, 6.07) is 5.50. The van der Waals surface area contributed by atoms with Crippen molar-refractivity contribution in [2.75, 3.05) is 5.32 Å². The zero-order chi connectivity index (χ0) is 18.3. The van der Waals surface area contributed by atoms with Gasteiger partial charge in [-0.25, -0.2) is 9.37 Å². The molecule has 26 heavy (non-hydrogen) atoms. The minimum atomic E-state index is -0.370. The van der Waals surface area contributed by atoms with Gasteiger partial charge < -0.3 is 5.32 Å². The number of amides is 1. The minimum absolute atomic E-state index is 0.125. The van der Waals surface area contributed by atoms with Crippen molar-refractivity contribution in [2.45, 2.75) is 32.7 Å². The molecule has 0 spiro atoms. The average Bonchev–Trinajstić information content (AvgIpc) is 2.97. The second-order valence-electron chi connectivity index (χ2n) is 6.76. The van der Waals surface area contributed by atoms with Crippen molar-refractivity contribution in [3.05, 3.63) is 57.2 Å². The topological polar surface area (TPSA) is 64.0 Å². The number of fused-ring (bicyclic) bond motifs is 3. The number of anilines is 1. The molecule has 0 bridgehead atoms. The molecule has 2 aromatic heterocycles. The van der Waals surface area contributed by atoms with Crippen LogP contribution in [-0.2, 0) is 24.2 Å². The Balaban J connectivity index is 1.61. The summed E-state index contributed by atoms with van der Waals surface area (Å²) in [5.74, 6) is -0.0951. The first kappa shape index (κ1) is 16.9. The Labute approximate surface area is 153 Å². The van der Waals surface area contributed by atoms with Crippen LogP contribution in [0.4, 0.5) is 10.1 Å². The van der Waals surface area contributed by atoms with Crippen LogP contribution in [0.15, 0.2) is 35.4 Å². The molecule has 134 valence electrons. The fraction of sp³-hybridized carbons (Fsp3) is 0.316. The molecule has 2 heterocycles. The van der Waals surface area contributed by atoms with Crippen LogP contribution in [0.25, 0.3) is 10.2 Å². The molecule has 5 nitrogen and oxygen atoms in total. The number of aromatic nitrogens is 2. The summed E-state index contributed by atoms with van der Waals surface area (Å²) < 4.78 is 14.3. The van der Waals surface area contributed by atoms with E-state index < -0.39 is 0 Å². The van der Waals surface area contributed by atoms with E-state index in [9.17, 15) is 14.0 Å². The fourth-order valence-corrected chi connectivity index (χ4v) is 4.71. The van der Waals surface area contributed by atoms with Gasteiger partial charge in [0.1, 0.15) is 17.2 Å². The molecule has 0 unspecified atom stereocenters. The molecule has 1 atom stereocenters. The lowest BCUT2D eigenvalue weighted by Gasteiger charge is -2.17. The number of halogens is 1. The van der Waals surface area contributed by atoms with Crippen molar-refractivity contribution in [3.8, 4) is 0 Å². The van der Waals surface area contributed by atoms with E-state index in [1.54, 1.807) is 11.3 Å². The summed E-state index contributed by atoms with van der Waals surface area (Å²) in [6.07, 6.45) is 4.37. The molecule has 0 saturated heterocycles. The fourth-order valence-electron chi connectivity index (χ4n) is 3.37. The van der Waals surface area contributed by atoms with Gasteiger partial charge in [-0.3, -0.25) is 14.2 Å². The van der Waals surface area contributed by atoms with Gasteiger partial charge in [-0.05, 0) is 55.0 Å². The van der Waals surface area contributed by atoms with Crippen LogP contribution >= 0.6 is 11.3 Å². The van der Waals surface area contributed by atoms with Crippen LogP contribution < -0.4 is 10.9 Å². The second-order valence-corrected chi connectivity index (χ2v) is 7.85. The molecule has 0 saturated carbocycles. The molecule has 0 radical (unpaired) electrons. The van der Waals surface area contributed by atoms with E-state index in [0.717, 1.165) is 29.7 Å². The first-order chi connectivity index (χ1) is 12.5. The van der Waals surface area contributed by atoms with Gasteiger partial charge in [-0.1, -0.05) is 6.92 Å². The lowest BCUT2D eigenvalue weighted by molar-refractivity contribution is -0.116. The van der Waals surface area contributed by atoms with Gasteiger partial charge in [-0.15, -0.1) is 11.3 Å². The Morgan fingerprint density at radius 1 is 1.38 bits per heavy atom. The summed E-state index contributed by atoms with van der Waals surface area (Å²) in [4.78, 5) is 31.5. The minimum Gasteiger partial charge on any atom is -0.325 e. The highest BCUT2D eigenvalue weighted by Gasteiger charge is 2.23. The number of aryl methyl sites for hydroxylation is 1. The van der Waals surface area contributed by atoms with Crippen LogP contribution in [0.2, 0.25) is 0 Å². The normalized spacial score (nSPS) is 16.5. The van der Waals surface area contributed by atoms with Crippen molar-refractivity contribution < 1.29 is 9.18 Å². The maximum Gasteiger partial charge on any atom is 0.262 e. The monoisotopic (exact) mass is 371 g/mol. The SMILES string of the molecule is C[C@H]1CCc2c(sc3ncn(CC(=O)Nc4ccc(F)cc4)c(=O)c23)C1. The number of carbonyl (C=O) groups excluding carboxylic acids is 1. The molecule has 1 aliphatic carbocycles. The van der Waals surface area contributed by atoms with Gasteiger partial charge in [0.25, 0.3) is 5.56 Å². The average molecular weight is 371 g/mol. The number of carbonyl (C=O) groups is 1. The van der Waals surface area contributed by atoms with Crippen molar-refractivity contribution in [3.63, 3.8) is 0 Å². The molecule has 1 aromatic carbocycles. The molecular formula is C19H18FN3O2S. The molecule has 7 heteroatoms. The molecular weight excluding hydrogens is 353 g/mol. The number of benzene rings is 1. The highest BCUT2D eigenvalue weighted by atomic mass is 32.1. The van der Waals surface area contributed by atoms with Crippen molar-refractivity contribution in [1.82, 2.24) is 9.55 Å². The summed E-state index contributed by atoms with van der Waals surface area (Å²) >= 11 is 1.59. The van der Waals surface area contributed by atoms with Crippen LogP contribution in [0.3, 0.4) is 0 Å². The summed E-state index contributed by atoms with van der Waals surface area (Å²) in [5.41, 5.74) is 1.42. The van der Waals surface area contributed by atoms with Gasteiger partial charge >= 0.3 is 0 Å². The summed E-state index contributed by atoms with van der Waals surface area (Å²) in [6.45, 7) is 2.10. The van der Waals surface area contributed by atoms with Crippen molar-refractivity contribution in [1.29, 1.82) is 0 Å². The van der Waals surface area contributed by atoms with E-state index in [4.69, 9.17) is 0 Å². The predicted molar refractivity (Wildman–Crippen MR) is 100 cm³/mol. The Kier molecular flexibility index (Phi) is 4.32. The van der Waals surface area contributed by atoms with E-state index in [-0.39, 0.29) is 23.8 Å². The Morgan fingerprint density at radius 2 is 2.15 bits per heavy atom. The van der Waals surface area contributed by atoms with E-state index >= 15 is 0 Å². The lowest BCUT2D eigenvalue weighted by atomic mass is 9.89. The first-order valence-corrected chi connectivity index (χ1v) is 9.38. The van der Waals surface area contributed by atoms with E-state index in [1.807, 2.05) is 0 Å². The van der Waals surface area contributed by atoms with Crippen LogP contribution in [-0.4, -0.2) is 15.5 Å². The lowest BCUT2D eigenvalue weighted by Crippen LogP contribution is -2.28. The molecule has 1 N–H and O–H groups in total. The zero-order valence-corrected chi connectivity index (χ0v) is 15.1. The Morgan fingerprint density at radius 3 is 2.92 bits per heavy atom. The zero-order valence-electron chi connectivity index (χ0n) is 14.3. The second kappa shape index (κ2) is 6.64. The van der Waals surface area contributed by atoms with E-state index in [0.29, 0.717) is 17.0 Å². The molecule has 1 amide bonds. The van der Waals surface area contributed by atoms with Gasteiger partial charge in [0, 0.05) is 10.6 Å². The molecule has 4 rings (SSSR count). The maximum absolute atomic E-state index is 12.9. The molecule has 3 aromatic rings. The van der Waals surface area contributed by atoms with E-state index in [2.05, 4.69) is 17.2 Å². The van der Waals surface area contributed by atoms with Gasteiger partial charge in [0.15, 0.2) is 0 Å². The quantitative estimate of drug-likeness (QED) is 0.768. The molecule has 0 fully saturated rings. The molecule has 1 aliphatic rings. The number of rotatable bonds is 3. The standard InChI is InChI=1S/C19H18FN3O2S/c1-11-2-7-14-15(8-11)26-18-17(14)19(25)23(10-21-18)9-16(24)22-13-5-3-12(20)4-6-13/h3-6,10-11H,2,7-9H2,1H3,(H,22,24)/t11-/m0/s1. The third kappa shape index (κ3) is 3.14. The maximum atomic E-state index is 12.9. The van der Waals surface area contributed by atoms with Crippen LogP contribution in [0, 0.1) is 11.7 Å². The van der Waals surface area contributed by atoms with E-state index in [1.165, 1.54) is 40.0 Å². The number of nitrogens with zero attached hydrogens (tertiary/aromatic N) is 2. The number of thiophene rings is 1. The van der Waals surface area contributed by atoms with Gasteiger partial charge in [-0.2, -0.15) is 0 Å². The highest BCUT2D eigenvalue weighted by Crippen LogP contribution is 2.35. The molecule has 0 aliphatic heterocycles. The van der Waals surface area contributed by atoms with Crippen LogP contribution in [0.1, 0.15) is 23.8 Å². The third-order valence-corrected chi connectivity index (χ3v) is 5.89. The van der Waals surface area contributed by atoms with Gasteiger partial charge in [0.05, 0.1) is 11.7 Å². The van der Waals surface area contributed by atoms with Crippen molar-refractivity contribution in [2.24, 2.45) is 5.92 Å². The number of hydrogen-bond donors (Lipinski definition) is 1. The summed E-state index contributed by atoms with van der Waals surface area (Å²) in [5, 5.41) is 3.33. The third-order valence-electron chi connectivity index (χ3n) is 4.72. The Hall–Kier alpha value is -2.54. The van der Waals surface area contributed by atoms with Crippen LogP contribution in [0.5, 0.6) is 0 Å². The number of nitrogens with one attached hydrogen (secondary N) is 1. The largest absolute Gasteiger partial charge is 0.325 e. The first-order valence-electron chi connectivity index (χ1n) is 8.56. The smallest absolute Gasteiger partial charge is 0.262 e.